The number of amides is 1. The monoisotopic (exact) mass is 332 g/mol. The molecule has 1 aromatic carbocycles. The van der Waals surface area contributed by atoms with E-state index in [2.05, 4.69) is 5.32 Å². The molecule has 1 unspecified atom stereocenters. The van der Waals surface area contributed by atoms with Crippen LogP contribution in [0.3, 0.4) is 0 Å². The summed E-state index contributed by atoms with van der Waals surface area (Å²) in [5.41, 5.74) is -0.0577. The zero-order valence-corrected chi connectivity index (χ0v) is 13.4. The maximum atomic E-state index is 12.0. The van der Waals surface area contributed by atoms with Crippen LogP contribution >= 0.6 is 23.2 Å². The van der Waals surface area contributed by atoms with Crippen LogP contribution in [0.1, 0.15) is 37.0 Å². The zero-order valence-electron chi connectivity index (χ0n) is 11.9. The summed E-state index contributed by atoms with van der Waals surface area (Å²) in [7, 11) is 0. The Morgan fingerprint density at radius 1 is 1.33 bits per heavy atom. The van der Waals surface area contributed by atoms with Crippen LogP contribution in [0.4, 0.5) is 5.69 Å². The van der Waals surface area contributed by atoms with Crippen molar-refractivity contribution in [2.24, 2.45) is 5.92 Å². The first-order valence-corrected chi connectivity index (χ1v) is 7.57. The molecule has 21 heavy (non-hydrogen) atoms. The minimum absolute atomic E-state index is 0.150. The molecule has 0 aliphatic heterocycles. The van der Waals surface area contributed by atoms with Crippen molar-refractivity contribution in [2.45, 2.75) is 32.1 Å². The number of benzene rings is 1. The second-order valence-corrected chi connectivity index (χ2v) is 5.75. The van der Waals surface area contributed by atoms with Gasteiger partial charge in [-0.25, -0.2) is 0 Å². The first kappa shape index (κ1) is 17.7. The number of halogens is 2. The Morgan fingerprint density at radius 3 is 2.48 bits per heavy atom. The molecule has 0 saturated heterocycles. The van der Waals surface area contributed by atoms with Crippen molar-refractivity contribution in [1.29, 1.82) is 0 Å². The van der Waals surface area contributed by atoms with Gasteiger partial charge in [-0.05, 0) is 12.0 Å². The molecule has 1 amide bonds. The fourth-order valence-corrected chi connectivity index (χ4v) is 2.73. The van der Waals surface area contributed by atoms with Crippen molar-refractivity contribution in [1.82, 2.24) is 5.32 Å². The molecule has 0 bridgehead atoms. The van der Waals surface area contributed by atoms with E-state index >= 15 is 0 Å². The highest BCUT2D eigenvalue weighted by Gasteiger charge is 2.18. The van der Waals surface area contributed by atoms with Crippen LogP contribution in [-0.4, -0.2) is 22.8 Å². The minimum atomic E-state index is -0.586. The van der Waals surface area contributed by atoms with Crippen molar-refractivity contribution in [3.63, 3.8) is 0 Å². The Labute approximate surface area is 133 Å². The van der Waals surface area contributed by atoms with Crippen LogP contribution in [-0.2, 0) is 0 Å². The molecule has 5 nitrogen and oxygen atoms in total. The molecule has 0 aliphatic carbocycles. The highest BCUT2D eigenvalue weighted by atomic mass is 35.5. The van der Waals surface area contributed by atoms with E-state index in [9.17, 15) is 14.9 Å². The summed E-state index contributed by atoms with van der Waals surface area (Å²) >= 11 is 12.0. The van der Waals surface area contributed by atoms with Crippen LogP contribution in [0.15, 0.2) is 18.2 Å². The molecule has 1 N–H and O–H groups in total. The van der Waals surface area contributed by atoms with E-state index in [0.717, 1.165) is 12.8 Å². The maximum absolute atomic E-state index is 12.0. The highest BCUT2D eigenvalue weighted by Crippen LogP contribution is 2.21. The molecule has 1 rings (SSSR count). The number of non-ortho nitro benzene ring substituents is 1. The second kappa shape index (κ2) is 8.20. The minimum Gasteiger partial charge on any atom is -0.351 e. The third-order valence-electron chi connectivity index (χ3n) is 3.37. The summed E-state index contributed by atoms with van der Waals surface area (Å²) in [5.74, 6) is -0.0992. The lowest BCUT2D eigenvalue weighted by atomic mass is 9.99. The third-order valence-corrected chi connectivity index (χ3v) is 4.10. The number of rotatable bonds is 7. The number of carbonyl (C=O) groups is 1. The Balaban J connectivity index is 2.74. The first-order chi connectivity index (χ1) is 9.88. The predicted octanol–water partition coefficient (Wildman–Crippen LogP) is 4.02. The Bertz CT molecular complexity index is 519. The van der Waals surface area contributed by atoms with Gasteiger partial charge in [-0.1, -0.05) is 38.3 Å². The van der Waals surface area contributed by atoms with Gasteiger partial charge in [0.25, 0.3) is 11.6 Å². The van der Waals surface area contributed by atoms with Gasteiger partial charge in [0, 0.05) is 29.3 Å². The number of nitrogens with one attached hydrogen (secondary N) is 1. The number of hydrogen-bond donors (Lipinski definition) is 1. The Kier molecular flexibility index (Phi) is 6.92. The van der Waals surface area contributed by atoms with Crippen LogP contribution in [0.5, 0.6) is 0 Å². The Hall–Kier alpha value is -1.33. The third kappa shape index (κ3) is 5.17. The molecule has 0 fully saturated rings. The number of hydrogen-bond acceptors (Lipinski definition) is 3. The van der Waals surface area contributed by atoms with Crippen LogP contribution < -0.4 is 5.32 Å². The second-order valence-electron chi connectivity index (χ2n) is 4.76. The van der Waals surface area contributed by atoms with E-state index in [1.165, 1.54) is 18.2 Å². The lowest BCUT2D eigenvalue weighted by molar-refractivity contribution is -0.384. The Morgan fingerprint density at radius 2 is 1.95 bits per heavy atom. The summed E-state index contributed by atoms with van der Waals surface area (Å²) in [5, 5.41) is 13.4. The largest absolute Gasteiger partial charge is 0.351 e. The van der Waals surface area contributed by atoms with E-state index in [4.69, 9.17) is 23.2 Å². The van der Waals surface area contributed by atoms with Gasteiger partial charge in [0.05, 0.1) is 10.3 Å². The van der Waals surface area contributed by atoms with Crippen molar-refractivity contribution in [3.05, 3.63) is 38.9 Å². The van der Waals surface area contributed by atoms with Crippen LogP contribution in [0.2, 0.25) is 5.02 Å². The molecule has 0 spiro atoms. The van der Waals surface area contributed by atoms with Crippen molar-refractivity contribution >= 4 is 34.8 Å². The normalized spacial score (nSPS) is 12.2. The summed E-state index contributed by atoms with van der Waals surface area (Å²) in [4.78, 5) is 22.2. The molecule has 0 aliphatic rings. The molecule has 0 radical (unpaired) electrons. The van der Waals surface area contributed by atoms with Gasteiger partial charge < -0.3 is 5.32 Å². The quantitative estimate of drug-likeness (QED) is 0.465. The molecule has 0 aromatic heterocycles. The average molecular weight is 333 g/mol. The molecule has 1 aromatic rings. The molecule has 1 atom stereocenters. The van der Waals surface area contributed by atoms with Crippen LogP contribution in [0, 0.1) is 16.0 Å². The maximum Gasteiger partial charge on any atom is 0.271 e. The van der Waals surface area contributed by atoms with Gasteiger partial charge in [-0.15, -0.1) is 11.6 Å². The fourth-order valence-electron chi connectivity index (χ4n) is 2.07. The van der Waals surface area contributed by atoms with E-state index in [1.54, 1.807) is 0 Å². The van der Waals surface area contributed by atoms with E-state index in [0.29, 0.717) is 12.5 Å². The van der Waals surface area contributed by atoms with E-state index in [1.807, 2.05) is 13.8 Å². The SMILES string of the molecule is CCC(CC)C(Cl)CNC(=O)c1cc(Cl)cc([N+](=O)[O-])c1. The van der Waals surface area contributed by atoms with Gasteiger partial charge in [0.1, 0.15) is 0 Å². The molecule has 7 heteroatoms. The molecular formula is C14H18Cl2N2O3. The zero-order chi connectivity index (χ0) is 16.0. The van der Waals surface area contributed by atoms with Gasteiger partial charge in [0.15, 0.2) is 0 Å². The molecular weight excluding hydrogens is 315 g/mol. The lowest BCUT2D eigenvalue weighted by Crippen LogP contribution is -2.33. The first-order valence-electron chi connectivity index (χ1n) is 6.76. The van der Waals surface area contributed by atoms with Gasteiger partial charge >= 0.3 is 0 Å². The molecule has 116 valence electrons. The molecule has 0 saturated carbocycles. The number of alkyl halides is 1. The predicted molar refractivity (Wildman–Crippen MR) is 84.2 cm³/mol. The highest BCUT2D eigenvalue weighted by molar-refractivity contribution is 6.31. The van der Waals surface area contributed by atoms with Crippen molar-refractivity contribution in [3.8, 4) is 0 Å². The standard InChI is InChI=1S/C14H18Cl2N2O3/c1-3-9(4-2)13(16)8-17-14(19)10-5-11(15)7-12(6-10)18(20)21/h5-7,9,13H,3-4,8H2,1-2H3,(H,17,19). The molecule has 0 heterocycles. The summed E-state index contributed by atoms with van der Waals surface area (Å²) in [6.45, 7) is 4.41. The summed E-state index contributed by atoms with van der Waals surface area (Å²) in [6, 6.07) is 3.79. The lowest BCUT2D eigenvalue weighted by Gasteiger charge is -2.19. The van der Waals surface area contributed by atoms with Crippen molar-refractivity contribution < 1.29 is 9.72 Å². The van der Waals surface area contributed by atoms with Gasteiger partial charge in [-0.3, -0.25) is 14.9 Å². The number of carbonyl (C=O) groups excluding carboxylic acids is 1. The number of nitrogens with zero attached hydrogens (tertiary/aromatic N) is 1. The van der Waals surface area contributed by atoms with E-state index < -0.39 is 10.8 Å². The van der Waals surface area contributed by atoms with Crippen molar-refractivity contribution in [2.75, 3.05) is 6.54 Å². The number of nitro benzene ring substituents is 1. The van der Waals surface area contributed by atoms with Gasteiger partial charge in [-0.2, -0.15) is 0 Å². The average Bonchev–Trinajstić information content (AvgIpc) is 2.45. The van der Waals surface area contributed by atoms with E-state index in [-0.39, 0.29) is 21.7 Å². The smallest absolute Gasteiger partial charge is 0.271 e. The van der Waals surface area contributed by atoms with Crippen LogP contribution in [0.25, 0.3) is 0 Å². The summed E-state index contributed by atoms with van der Waals surface area (Å²) in [6.07, 6.45) is 1.87. The number of nitro groups is 1. The summed E-state index contributed by atoms with van der Waals surface area (Å²) < 4.78 is 0. The van der Waals surface area contributed by atoms with Gasteiger partial charge in [0.2, 0.25) is 0 Å². The fraction of sp³-hybridized carbons (Fsp3) is 0.500. The topological polar surface area (TPSA) is 72.2 Å².